The zero-order valence-electron chi connectivity index (χ0n) is 11.6. The molecule has 2 aromatic rings. The molecule has 0 saturated carbocycles. The average Bonchev–Trinajstić information content (AvgIpc) is 2.37. The van der Waals surface area contributed by atoms with Crippen LogP contribution in [0.15, 0.2) is 32.7 Å². The molecule has 0 spiro atoms. The van der Waals surface area contributed by atoms with Gasteiger partial charge in [0.2, 0.25) is 10.0 Å². The fourth-order valence-electron chi connectivity index (χ4n) is 1.78. The van der Waals surface area contributed by atoms with Gasteiger partial charge < -0.3 is 10.7 Å². The highest BCUT2D eigenvalue weighted by molar-refractivity contribution is 7.89. The van der Waals surface area contributed by atoms with Gasteiger partial charge in [-0.15, -0.1) is 0 Å². The lowest BCUT2D eigenvalue weighted by Gasteiger charge is -2.23. The van der Waals surface area contributed by atoms with E-state index in [4.69, 9.17) is 5.73 Å². The fraction of sp³-hybridized carbons (Fsp3) is 0.333. The lowest BCUT2D eigenvalue weighted by atomic mass is 10.1. The lowest BCUT2D eigenvalue weighted by molar-refractivity contribution is 0.462. The number of aromatic nitrogens is 2. The molecular formula is C12H16N4O4S. The van der Waals surface area contributed by atoms with Gasteiger partial charge in [0.25, 0.3) is 5.56 Å². The van der Waals surface area contributed by atoms with Crippen molar-refractivity contribution in [3.63, 3.8) is 0 Å². The van der Waals surface area contributed by atoms with Gasteiger partial charge in [-0.25, -0.2) is 17.9 Å². The van der Waals surface area contributed by atoms with E-state index in [0.717, 1.165) is 0 Å². The minimum absolute atomic E-state index is 0.0749. The van der Waals surface area contributed by atoms with Crippen LogP contribution in [0.1, 0.15) is 13.8 Å². The number of hydrogen-bond donors (Lipinski definition) is 4. The highest BCUT2D eigenvalue weighted by atomic mass is 32.2. The Bertz CT molecular complexity index is 895. The molecule has 2 rings (SSSR count). The van der Waals surface area contributed by atoms with Gasteiger partial charge in [-0.2, -0.15) is 0 Å². The van der Waals surface area contributed by atoms with Crippen LogP contribution in [0.3, 0.4) is 0 Å². The van der Waals surface area contributed by atoms with Crippen LogP contribution in [0.4, 0.5) is 0 Å². The summed E-state index contributed by atoms with van der Waals surface area (Å²) >= 11 is 0. The van der Waals surface area contributed by atoms with Gasteiger partial charge in [0.15, 0.2) is 0 Å². The summed E-state index contributed by atoms with van der Waals surface area (Å²) in [5, 5.41) is 0.0861. The lowest BCUT2D eigenvalue weighted by Crippen LogP contribution is -2.48. The van der Waals surface area contributed by atoms with E-state index in [-0.39, 0.29) is 22.3 Å². The number of H-pyrrole nitrogens is 2. The molecule has 0 aliphatic heterocycles. The maximum atomic E-state index is 12.3. The topological polar surface area (TPSA) is 138 Å². The van der Waals surface area contributed by atoms with E-state index >= 15 is 0 Å². The van der Waals surface area contributed by atoms with Crippen LogP contribution in [0.5, 0.6) is 0 Å². The fourth-order valence-corrected chi connectivity index (χ4v) is 3.22. The number of nitrogens with two attached hydrogens (primary N) is 1. The van der Waals surface area contributed by atoms with Crippen molar-refractivity contribution in [1.82, 2.24) is 14.7 Å². The second-order valence-electron chi connectivity index (χ2n) is 5.31. The third-order valence-electron chi connectivity index (χ3n) is 2.94. The Kier molecular flexibility index (Phi) is 3.74. The summed E-state index contributed by atoms with van der Waals surface area (Å²) in [7, 11) is -3.82. The van der Waals surface area contributed by atoms with Crippen molar-refractivity contribution in [2.24, 2.45) is 5.73 Å². The van der Waals surface area contributed by atoms with Crippen LogP contribution < -0.4 is 21.7 Å². The van der Waals surface area contributed by atoms with Crippen molar-refractivity contribution in [3.05, 3.63) is 39.0 Å². The second kappa shape index (κ2) is 5.10. The van der Waals surface area contributed by atoms with Gasteiger partial charge in [-0.05, 0) is 32.0 Å². The molecule has 21 heavy (non-hydrogen) atoms. The summed E-state index contributed by atoms with van der Waals surface area (Å²) in [6.45, 7) is 3.42. The zero-order chi connectivity index (χ0) is 15.8. The number of aromatic amines is 2. The Morgan fingerprint density at radius 2 is 1.90 bits per heavy atom. The Labute approximate surface area is 120 Å². The highest BCUT2D eigenvalue weighted by Crippen LogP contribution is 2.16. The minimum Gasteiger partial charge on any atom is -0.329 e. The van der Waals surface area contributed by atoms with Gasteiger partial charge >= 0.3 is 5.69 Å². The number of rotatable bonds is 4. The van der Waals surface area contributed by atoms with Crippen molar-refractivity contribution in [3.8, 4) is 0 Å². The van der Waals surface area contributed by atoms with Crippen molar-refractivity contribution in [2.75, 3.05) is 6.54 Å². The first-order chi connectivity index (χ1) is 9.64. The first kappa shape index (κ1) is 15.4. The van der Waals surface area contributed by atoms with Crippen LogP contribution in [-0.2, 0) is 10.0 Å². The van der Waals surface area contributed by atoms with Crippen molar-refractivity contribution >= 4 is 20.9 Å². The third-order valence-corrected chi connectivity index (χ3v) is 4.64. The van der Waals surface area contributed by atoms with E-state index in [1.807, 2.05) is 4.98 Å². The summed E-state index contributed by atoms with van der Waals surface area (Å²) in [5.41, 5.74) is 3.65. The molecule has 0 radical (unpaired) electrons. The molecule has 0 aliphatic rings. The van der Waals surface area contributed by atoms with Crippen LogP contribution >= 0.6 is 0 Å². The molecule has 0 atom stereocenters. The number of hydrogen-bond acceptors (Lipinski definition) is 5. The predicted octanol–water partition coefficient (Wildman–Crippen LogP) is -0.768. The van der Waals surface area contributed by atoms with Gasteiger partial charge in [-0.3, -0.25) is 9.78 Å². The Hall–Kier alpha value is -1.97. The summed E-state index contributed by atoms with van der Waals surface area (Å²) in [6.07, 6.45) is 0. The molecule has 1 aromatic heterocycles. The number of benzene rings is 1. The van der Waals surface area contributed by atoms with Crippen molar-refractivity contribution in [1.29, 1.82) is 0 Å². The first-order valence-electron chi connectivity index (χ1n) is 6.15. The van der Waals surface area contributed by atoms with E-state index < -0.39 is 26.8 Å². The molecule has 5 N–H and O–H groups in total. The Morgan fingerprint density at radius 3 is 2.52 bits per heavy atom. The maximum absolute atomic E-state index is 12.3. The van der Waals surface area contributed by atoms with Gasteiger partial charge in [0.05, 0.1) is 15.8 Å². The molecular weight excluding hydrogens is 296 g/mol. The monoisotopic (exact) mass is 312 g/mol. The van der Waals surface area contributed by atoms with Gasteiger partial charge in [-0.1, -0.05) is 0 Å². The quantitative estimate of drug-likeness (QED) is 0.587. The zero-order valence-corrected chi connectivity index (χ0v) is 12.4. The molecule has 8 nitrogen and oxygen atoms in total. The normalized spacial score (nSPS) is 12.7. The van der Waals surface area contributed by atoms with E-state index in [2.05, 4.69) is 9.71 Å². The second-order valence-corrected chi connectivity index (χ2v) is 6.99. The summed E-state index contributed by atoms with van der Waals surface area (Å²) in [4.78, 5) is 27.3. The van der Waals surface area contributed by atoms with Gasteiger partial charge in [0, 0.05) is 12.1 Å². The first-order valence-corrected chi connectivity index (χ1v) is 7.63. The van der Waals surface area contributed by atoms with E-state index in [9.17, 15) is 18.0 Å². The van der Waals surface area contributed by atoms with Crippen LogP contribution in [0, 0.1) is 0 Å². The molecule has 114 valence electrons. The molecule has 0 aliphatic carbocycles. The van der Waals surface area contributed by atoms with Crippen LogP contribution in [-0.4, -0.2) is 30.5 Å². The molecule has 0 saturated heterocycles. The van der Waals surface area contributed by atoms with Crippen molar-refractivity contribution < 1.29 is 8.42 Å². The summed E-state index contributed by atoms with van der Waals surface area (Å²) < 4.78 is 27.0. The molecule has 9 heteroatoms. The van der Waals surface area contributed by atoms with E-state index in [0.29, 0.717) is 0 Å². The SMILES string of the molecule is CC(C)(CN)NS(=O)(=O)c1ccc2[nH]c(=O)[nH]c(=O)c2c1. The largest absolute Gasteiger partial charge is 0.329 e. The third kappa shape index (κ3) is 3.20. The molecule has 1 heterocycles. The van der Waals surface area contributed by atoms with Gasteiger partial charge in [0.1, 0.15) is 0 Å². The van der Waals surface area contributed by atoms with Crippen LogP contribution in [0.25, 0.3) is 10.9 Å². The van der Waals surface area contributed by atoms with Crippen molar-refractivity contribution in [2.45, 2.75) is 24.3 Å². The standard InChI is InChI=1S/C12H16N4O4S/c1-12(2,6-13)16-21(19,20)7-3-4-9-8(5-7)10(17)15-11(18)14-9/h3-5,16H,6,13H2,1-2H3,(H2,14,15,17,18). The van der Waals surface area contributed by atoms with E-state index in [1.165, 1.54) is 18.2 Å². The maximum Gasteiger partial charge on any atom is 0.326 e. The minimum atomic E-state index is -3.82. The summed E-state index contributed by atoms with van der Waals surface area (Å²) in [5.74, 6) is 0. The highest BCUT2D eigenvalue weighted by Gasteiger charge is 2.25. The van der Waals surface area contributed by atoms with Crippen LogP contribution in [0.2, 0.25) is 0 Å². The number of sulfonamides is 1. The average molecular weight is 312 g/mol. The molecule has 0 fully saturated rings. The molecule has 1 aromatic carbocycles. The molecule has 0 unspecified atom stereocenters. The Balaban J connectivity index is 2.58. The Morgan fingerprint density at radius 1 is 1.24 bits per heavy atom. The molecule has 0 amide bonds. The number of fused-ring (bicyclic) bond motifs is 1. The smallest absolute Gasteiger partial charge is 0.326 e. The molecule has 0 bridgehead atoms. The number of nitrogens with one attached hydrogen (secondary N) is 3. The predicted molar refractivity (Wildman–Crippen MR) is 78.6 cm³/mol. The summed E-state index contributed by atoms with van der Waals surface area (Å²) in [6, 6.07) is 3.89. The van der Waals surface area contributed by atoms with E-state index in [1.54, 1.807) is 13.8 Å².